The predicted molar refractivity (Wildman–Crippen MR) is 56.8 cm³/mol. The minimum Gasteiger partial charge on any atom is -0.477 e. The van der Waals surface area contributed by atoms with Gasteiger partial charge in [-0.25, -0.2) is 14.3 Å². The molecule has 2 aromatic heterocycles. The number of nitrogens with zero attached hydrogens (tertiary/aromatic N) is 2. The van der Waals surface area contributed by atoms with Crippen molar-refractivity contribution in [1.29, 1.82) is 0 Å². The van der Waals surface area contributed by atoms with E-state index in [-0.39, 0.29) is 16.8 Å². The molecular formula is C10H11N3O3. The number of aromatic carboxylic acids is 1. The van der Waals surface area contributed by atoms with Crippen LogP contribution in [0.3, 0.4) is 0 Å². The molecule has 0 aromatic carbocycles. The van der Waals surface area contributed by atoms with Crippen molar-refractivity contribution in [2.45, 2.75) is 19.8 Å². The molecule has 2 heterocycles. The van der Waals surface area contributed by atoms with E-state index in [1.54, 1.807) is 0 Å². The number of aryl methyl sites for hydroxylation is 1. The van der Waals surface area contributed by atoms with Crippen molar-refractivity contribution in [1.82, 2.24) is 14.6 Å². The second kappa shape index (κ2) is 3.80. The second-order valence-corrected chi connectivity index (χ2v) is 3.49. The predicted octanol–water partition coefficient (Wildman–Crippen LogP) is 0.673. The fourth-order valence-corrected chi connectivity index (χ4v) is 1.57. The van der Waals surface area contributed by atoms with Crippen molar-refractivity contribution in [2.75, 3.05) is 0 Å². The molecule has 0 unspecified atom stereocenters. The zero-order valence-electron chi connectivity index (χ0n) is 8.73. The highest BCUT2D eigenvalue weighted by Gasteiger charge is 2.13. The van der Waals surface area contributed by atoms with E-state index in [0.29, 0.717) is 12.1 Å². The average molecular weight is 221 g/mol. The lowest BCUT2D eigenvalue weighted by molar-refractivity contribution is 0.0699. The maximum absolute atomic E-state index is 11.6. The van der Waals surface area contributed by atoms with Crippen LogP contribution in [0.5, 0.6) is 0 Å². The molecule has 0 atom stereocenters. The van der Waals surface area contributed by atoms with Crippen LogP contribution in [0.25, 0.3) is 5.65 Å². The van der Waals surface area contributed by atoms with Crippen molar-refractivity contribution in [2.24, 2.45) is 0 Å². The van der Waals surface area contributed by atoms with Crippen molar-refractivity contribution in [3.05, 3.63) is 33.9 Å². The van der Waals surface area contributed by atoms with Gasteiger partial charge >= 0.3 is 5.97 Å². The van der Waals surface area contributed by atoms with Gasteiger partial charge in [0.25, 0.3) is 5.56 Å². The van der Waals surface area contributed by atoms with Gasteiger partial charge in [-0.15, -0.1) is 0 Å². The topological polar surface area (TPSA) is 87.5 Å². The third-order valence-electron chi connectivity index (χ3n) is 2.29. The van der Waals surface area contributed by atoms with Crippen LogP contribution < -0.4 is 5.56 Å². The highest BCUT2D eigenvalue weighted by Crippen LogP contribution is 2.07. The Morgan fingerprint density at radius 1 is 1.62 bits per heavy atom. The van der Waals surface area contributed by atoms with Crippen LogP contribution in [0.1, 0.15) is 29.4 Å². The summed E-state index contributed by atoms with van der Waals surface area (Å²) in [5.41, 5.74) is 0.508. The summed E-state index contributed by atoms with van der Waals surface area (Å²) in [7, 11) is 0. The Balaban J connectivity index is 2.71. The van der Waals surface area contributed by atoms with Gasteiger partial charge in [-0.1, -0.05) is 13.3 Å². The van der Waals surface area contributed by atoms with E-state index in [2.05, 4.69) is 10.1 Å². The number of aromatic amines is 1. The molecule has 6 heteroatoms. The molecule has 0 saturated heterocycles. The zero-order valence-corrected chi connectivity index (χ0v) is 8.73. The molecule has 2 rings (SSSR count). The molecule has 6 nitrogen and oxygen atoms in total. The van der Waals surface area contributed by atoms with Crippen molar-refractivity contribution in [3.8, 4) is 0 Å². The maximum Gasteiger partial charge on any atom is 0.341 e. The molecule has 2 N–H and O–H groups in total. The van der Waals surface area contributed by atoms with Gasteiger partial charge in [0.05, 0.1) is 0 Å². The quantitative estimate of drug-likeness (QED) is 0.797. The summed E-state index contributed by atoms with van der Waals surface area (Å²) in [6.07, 6.45) is 2.78. The van der Waals surface area contributed by atoms with Gasteiger partial charge in [0.15, 0.2) is 5.65 Å². The lowest BCUT2D eigenvalue weighted by Gasteiger charge is -1.98. The van der Waals surface area contributed by atoms with Crippen LogP contribution in [-0.2, 0) is 6.42 Å². The van der Waals surface area contributed by atoms with Gasteiger partial charge in [-0.2, -0.15) is 0 Å². The monoisotopic (exact) mass is 221 g/mol. The van der Waals surface area contributed by atoms with Crippen molar-refractivity contribution >= 4 is 11.6 Å². The molecule has 0 bridgehead atoms. The van der Waals surface area contributed by atoms with Crippen LogP contribution in [0.15, 0.2) is 17.1 Å². The third-order valence-corrected chi connectivity index (χ3v) is 2.29. The molecule has 0 amide bonds. The van der Waals surface area contributed by atoms with E-state index in [4.69, 9.17) is 5.11 Å². The summed E-state index contributed by atoms with van der Waals surface area (Å²) in [5, 5.41) is 11.5. The summed E-state index contributed by atoms with van der Waals surface area (Å²) < 4.78 is 1.13. The fraction of sp³-hybridized carbons (Fsp3) is 0.300. The average Bonchev–Trinajstić information content (AvgIpc) is 2.62. The molecule has 84 valence electrons. The standard InChI is InChI=1S/C10H11N3O3/c1-2-3-6-4-8(14)13-9(12-6)7(5-11-13)10(15)16/h4-5,11H,2-3H2,1H3,(H,15,16). The van der Waals surface area contributed by atoms with Gasteiger partial charge in [0.2, 0.25) is 0 Å². The first-order chi connectivity index (χ1) is 7.63. The minimum absolute atomic E-state index is 0.00931. The van der Waals surface area contributed by atoms with Crippen LogP contribution in [-0.4, -0.2) is 25.7 Å². The highest BCUT2D eigenvalue weighted by atomic mass is 16.4. The van der Waals surface area contributed by atoms with Gasteiger partial charge in [-0.05, 0) is 6.42 Å². The molecular weight excluding hydrogens is 210 g/mol. The molecule has 0 aliphatic carbocycles. The molecule has 16 heavy (non-hydrogen) atoms. The number of hydrogen-bond donors (Lipinski definition) is 2. The van der Waals surface area contributed by atoms with Crippen LogP contribution in [0, 0.1) is 0 Å². The lowest BCUT2D eigenvalue weighted by Crippen LogP contribution is -2.16. The second-order valence-electron chi connectivity index (χ2n) is 3.49. The SMILES string of the molecule is CCCc1cc(=O)n2[nH]cc(C(=O)O)c2n1. The molecule has 0 spiro atoms. The first kappa shape index (κ1) is 10.4. The Kier molecular flexibility index (Phi) is 2.47. The number of rotatable bonds is 3. The van der Waals surface area contributed by atoms with E-state index in [1.165, 1.54) is 12.3 Å². The number of aromatic nitrogens is 3. The van der Waals surface area contributed by atoms with E-state index in [0.717, 1.165) is 10.9 Å². The minimum atomic E-state index is -1.10. The fourth-order valence-electron chi connectivity index (χ4n) is 1.57. The number of H-pyrrole nitrogens is 1. The Morgan fingerprint density at radius 3 is 3.00 bits per heavy atom. The Morgan fingerprint density at radius 2 is 2.38 bits per heavy atom. The highest BCUT2D eigenvalue weighted by molar-refractivity contribution is 5.94. The number of carboxylic acids is 1. The van der Waals surface area contributed by atoms with Crippen molar-refractivity contribution < 1.29 is 9.90 Å². The van der Waals surface area contributed by atoms with E-state index < -0.39 is 5.97 Å². The maximum atomic E-state index is 11.6. The van der Waals surface area contributed by atoms with Crippen LogP contribution in [0.4, 0.5) is 0 Å². The lowest BCUT2D eigenvalue weighted by atomic mass is 10.2. The Bertz CT molecular complexity index is 597. The van der Waals surface area contributed by atoms with Crippen molar-refractivity contribution in [3.63, 3.8) is 0 Å². The zero-order chi connectivity index (χ0) is 11.7. The van der Waals surface area contributed by atoms with E-state index in [9.17, 15) is 9.59 Å². The number of nitrogens with one attached hydrogen (secondary N) is 1. The smallest absolute Gasteiger partial charge is 0.341 e. The molecule has 0 aliphatic heterocycles. The summed E-state index contributed by atoms with van der Waals surface area (Å²) in [4.78, 5) is 26.6. The van der Waals surface area contributed by atoms with Crippen LogP contribution >= 0.6 is 0 Å². The number of carbonyl (C=O) groups is 1. The number of hydrogen-bond acceptors (Lipinski definition) is 3. The van der Waals surface area contributed by atoms with Gasteiger partial charge in [0.1, 0.15) is 5.56 Å². The summed E-state index contributed by atoms with van der Waals surface area (Å²) in [6, 6.07) is 1.42. The van der Waals surface area contributed by atoms with Gasteiger partial charge < -0.3 is 5.11 Å². The number of fused-ring (bicyclic) bond motifs is 1. The molecule has 0 saturated carbocycles. The van der Waals surface area contributed by atoms with Gasteiger partial charge in [-0.3, -0.25) is 9.89 Å². The number of carboxylic acid groups (broad SMARTS) is 1. The normalized spacial score (nSPS) is 10.8. The molecule has 0 aliphatic rings. The molecule has 2 aromatic rings. The van der Waals surface area contributed by atoms with Crippen LogP contribution in [0.2, 0.25) is 0 Å². The molecule has 0 fully saturated rings. The Labute approximate surface area is 90.5 Å². The first-order valence-corrected chi connectivity index (χ1v) is 4.97. The largest absolute Gasteiger partial charge is 0.477 e. The third kappa shape index (κ3) is 1.58. The first-order valence-electron chi connectivity index (χ1n) is 4.97. The summed E-state index contributed by atoms with van der Waals surface area (Å²) >= 11 is 0. The Hall–Kier alpha value is -2.11. The summed E-state index contributed by atoms with van der Waals surface area (Å²) in [5.74, 6) is -1.10. The molecule has 0 radical (unpaired) electrons. The van der Waals surface area contributed by atoms with Gasteiger partial charge in [0, 0.05) is 18.0 Å². The van der Waals surface area contributed by atoms with E-state index >= 15 is 0 Å². The summed E-state index contributed by atoms with van der Waals surface area (Å²) in [6.45, 7) is 1.97. The van der Waals surface area contributed by atoms with E-state index in [1.807, 2.05) is 6.92 Å².